The summed E-state index contributed by atoms with van der Waals surface area (Å²) in [5, 5.41) is 9.57. The van der Waals surface area contributed by atoms with Crippen molar-refractivity contribution in [3.63, 3.8) is 0 Å². The Morgan fingerprint density at radius 2 is 1.61 bits per heavy atom. The Kier molecular flexibility index (Phi) is 3.65. The summed E-state index contributed by atoms with van der Waals surface area (Å²) in [6.45, 7) is 0. The molecule has 0 fully saturated rings. The zero-order valence-corrected chi connectivity index (χ0v) is 14.6. The average molecular weight is 418 g/mol. The minimum atomic E-state index is -0.0216. The van der Waals surface area contributed by atoms with Crippen LogP contribution in [0.25, 0.3) is 10.8 Å². The SMILES string of the molecule is COc1ccc(C2Nc3cccc4cccc(c34)N2)cc1OI. The molecule has 0 saturated heterocycles. The maximum absolute atomic E-state index is 5.38. The van der Waals surface area contributed by atoms with E-state index in [4.69, 9.17) is 7.80 Å². The minimum Gasteiger partial charge on any atom is -0.493 e. The first kappa shape index (κ1) is 14.4. The van der Waals surface area contributed by atoms with E-state index in [1.807, 2.05) is 41.2 Å². The van der Waals surface area contributed by atoms with Crippen molar-refractivity contribution in [2.45, 2.75) is 6.17 Å². The van der Waals surface area contributed by atoms with Crippen molar-refractivity contribution in [2.24, 2.45) is 0 Å². The van der Waals surface area contributed by atoms with E-state index in [1.54, 1.807) is 7.11 Å². The predicted octanol–water partition coefficient (Wildman–Crippen LogP) is 5.11. The van der Waals surface area contributed by atoms with Crippen LogP contribution in [-0.4, -0.2) is 7.11 Å². The molecule has 3 aromatic rings. The zero-order chi connectivity index (χ0) is 15.8. The van der Waals surface area contributed by atoms with Crippen LogP contribution in [0.15, 0.2) is 54.6 Å². The van der Waals surface area contributed by atoms with Crippen molar-refractivity contribution in [3.05, 3.63) is 60.2 Å². The summed E-state index contributed by atoms with van der Waals surface area (Å²) in [5.74, 6) is 1.44. The molecule has 3 aromatic carbocycles. The summed E-state index contributed by atoms with van der Waals surface area (Å²) in [5.41, 5.74) is 3.35. The first-order valence-electron chi connectivity index (χ1n) is 7.31. The predicted molar refractivity (Wildman–Crippen MR) is 102 cm³/mol. The molecule has 0 atom stereocenters. The Hall–Kier alpha value is -2.15. The largest absolute Gasteiger partial charge is 0.493 e. The van der Waals surface area contributed by atoms with Gasteiger partial charge < -0.3 is 18.4 Å². The van der Waals surface area contributed by atoms with Gasteiger partial charge in [-0.05, 0) is 35.2 Å². The summed E-state index contributed by atoms with van der Waals surface area (Å²) in [4.78, 5) is 0. The van der Waals surface area contributed by atoms with Crippen LogP contribution >= 0.6 is 23.0 Å². The third-order valence-corrected chi connectivity index (χ3v) is 4.58. The highest BCUT2D eigenvalue weighted by atomic mass is 127. The Labute approximate surface area is 148 Å². The maximum Gasteiger partial charge on any atom is 0.192 e. The maximum atomic E-state index is 5.38. The molecule has 0 bridgehead atoms. The van der Waals surface area contributed by atoms with Crippen molar-refractivity contribution in [3.8, 4) is 11.5 Å². The second kappa shape index (κ2) is 5.81. The van der Waals surface area contributed by atoms with Crippen LogP contribution in [0.2, 0.25) is 0 Å². The third-order valence-electron chi connectivity index (χ3n) is 4.11. The number of ether oxygens (including phenoxy) is 1. The number of nitrogens with one attached hydrogen (secondary N) is 2. The van der Waals surface area contributed by atoms with Crippen LogP contribution in [0, 0.1) is 0 Å². The highest BCUT2D eigenvalue weighted by Gasteiger charge is 2.21. The summed E-state index contributed by atoms with van der Waals surface area (Å²) >= 11 is 1.87. The summed E-state index contributed by atoms with van der Waals surface area (Å²) in [7, 11) is 1.64. The van der Waals surface area contributed by atoms with Crippen molar-refractivity contribution in [2.75, 3.05) is 17.7 Å². The van der Waals surface area contributed by atoms with E-state index >= 15 is 0 Å². The fourth-order valence-corrected chi connectivity index (χ4v) is 3.37. The van der Waals surface area contributed by atoms with Gasteiger partial charge in [0.1, 0.15) is 6.17 Å². The van der Waals surface area contributed by atoms with Crippen molar-refractivity contribution >= 4 is 45.2 Å². The molecule has 4 nitrogen and oxygen atoms in total. The number of hydrogen-bond donors (Lipinski definition) is 2. The molecule has 0 saturated carbocycles. The van der Waals surface area contributed by atoms with Gasteiger partial charge in [-0.2, -0.15) is 0 Å². The standard InChI is InChI=1S/C18H15IN2O2/c1-22-15-9-8-12(10-16(15)23-19)18-20-13-6-2-4-11-5-3-7-14(21-18)17(11)13/h2-10,18,20-21H,1H3. The molecule has 0 unspecified atom stereocenters. The van der Waals surface area contributed by atoms with Crippen LogP contribution in [0.4, 0.5) is 11.4 Å². The molecule has 0 radical (unpaired) electrons. The fraction of sp³-hybridized carbons (Fsp3) is 0.111. The van der Waals surface area contributed by atoms with E-state index in [9.17, 15) is 0 Å². The van der Waals surface area contributed by atoms with Gasteiger partial charge in [0, 0.05) is 16.8 Å². The van der Waals surface area contributed by atoms with Crippen molar-refractivity contribution in [1.82, 2.24) is 0 Å². The van der Waals surface area contributed by atoms with Crippen LogP contribution in [0.5, 0.6) is 11.5 Å². The Morgan fingerprint density at radius 3 is 2.22 bits per heavy atom. The molecular weight excluding hydrogens is 403 g/mol. The van der Waals surface area contributed by atoms with E-state index in [2.05, 4.69) is 47.0 Å². The highest BCUT2D eigenvalue weighted by Crippen LogP contribution is 2.40. The smallest absolute Gasteiger partial charge is 0.192 e. The minimum absolute atomic E-state index is 0.0216. The van der Waals surface area contributed by atoms with Gasteiger partial charge in [0.15, 0.2) is 34.5 Å². The second-order valence-corrected chi connectivity index (χ2v) is 5.86. The van der Waals surface area contributed by atoms with E-state index in [-0.39, 0.29) is 6.17 Å². The summed E-state index contributed by atoms with van der Waals surface area (Å²) in [6.07, 6.45) is -0.0216. The molecule has 5 heteroatoms. The lowest BCUT2D eigenvalue weighted by Gasteiger charge is -2.30. The summed E-state index contributed by atoms with van der Waals surface area (Å²) in [6, 6.07) is 18.6. The lowest BCUT2D eigenvalue weighted by Crippen LogP contribution is -2.23. The lowest BCUT2D eigenvalue weighted by molar-refractivity contribution is 0.403. The van der Waals surface area contributed by atoms with E-state index in [1.165, 1.54) is 10.8 Å². The van der Waals surface area contributed by atoms with Gasteiger partial charge in [-0.1, -0.05) is 30.3 Å². The molecule has 1 aliphatic rings. The molecule has 0 spiro atoms. The van der Waals surface area contributed by atoms with Gasteiger partial charge in [0.25, 0.3) is 0 Å². The number of hydrogen-bond acceptors (Lipinski definition) is 4. The van der Waals surface area contributed by atoms with Crippen molar-refractivity contribution < 1.29 is 7.80 Å². The van der Waals surface area contributed by atoms with Gasteiger partial charge in [0.05, 0.1) is 7.11 Å². The van der Waals surface area contributed by atoms with Crippen LogP contribution in [0.1, 0.15) is 11.7 Å². The molecule has 0 aromatic heterocycles. The quantitative estimate of drug-likeness (QED) is 0.580. The molecule has 1 heterocycles. The van der Waals surface area contributed by atoms with Crippen LogP contribution in [0.3, 0.4) is 0 Å². The Bertz CT molecular complexity index is 841. The van der Waals surface area contributed by atoms with Crippen molar-refractivity contribution in [1.29, 1.82) is 0 Å². The van der Waals surface area contributed by atoms with Gasteiger partial charge in [-0.25, -0.2) is 0 Å². The molecule has 23 heavy (non-hydrogen) atoms. The van der Waals surface area contributed by atoms with E-state index < -0.39 is 0 Å². The lowest BCUT2D eigenvalue weighted by atomic mass is 10.0. The van der Waals surface area contributed by atoms with Crippen LogP contribution in [-0.2, 0) is 0 Å². The van der Waals surface area contributed by atoms with Gasteiger partial charge in [0.2, 0.25) is 0 Å². The number of anilines is 2. The molecule has 116 valence electrons. The number of benzene rings is 3. The number of halogens is 1. The molecule has 0 amide bonds. The van der Waals surface area contributed by atoms with E-state index in [0.29, 0.717) is 5.75 Å². The number of methoxy groups -OCH3 is 1. The summed E-state index contributed by atoms with van der Waals surface area (Å²) < 4.78 is 10.7. The average Bonchev–Trinajstić information content (AvgIpc) is 2.61. The van der Waals surface area contributed by atoms with Gasteiger partial charge >= 0.3 is 0 Å². The van der Waals surface area contributed by atoms with E-state index in [0.717, 1.165) is 22.7 Å². The topological polar surface area (TPSA) is 42.5 Å². The normalized spacial score (nSPS) is 13.3. The highest BCUT2D eigenvalue weighted by molar-refractivity contribution is 14.1. The van der Waals surface area contributed by atoms with Gasteiger partial charge in [-0.15, -0.1) is 0 Å². The second-order valence-electron chi connectivity index (χ2n) is 5.42. The fourth-order valence-electron chi connectivity index (χ4n) is 3.03. The molecule has 4 rings (SSSR count). The first-order chi connectivity index (χ1) is 11.3. The molecule has 0 aliphatic carbocycles. The zero-order valence-electron chi connectivity index (χ0n) is 12.5. The molecule has 1 aliphatic heterocycles. The first-order valence-corrected chi connectivity index (χ1v) is 8.19. The monoisotopic (exact) mass is 418 g/mol. The third kappa shape index (κ3) is 2.45. The van der Waals surface area contributed by atoms with Crippen LogP contribution < -0.4 is 18.4 Å². The Morgan fingerprint density at radius 1 is 0.913 bits per heavy atom. The molecular formula is C18H15IN2O2. The Balaban J connectivity index is 1.76. The molecule has 2 N–H and O–H groups in total. The van der Waals surface area contributed by atoms with Gasteiger partial charge in [-0.3, -0.25) is 0 Å². The number of rotatable bonds is 3.